The second kappa shape index (κ2) is 5.15. The largest absolute Gasteiger partial charge is 0.360 e. The quantitative estimate of drug-likeness (QED) is 0.903. The molecule has 19 heavy (non-hydrogen) atoms. The minimum absolute atomic E-state index is 0.0338. The van der Waals surface area contributed by atoms with Crippen molar-refractivity contribution in [1.82, 2.24) is 5.16 Å². The Balaban J connectivity index is 2.42. The van der Waals surface area contributed by atoms with Crippen LogP contribution in [0.3, 0.4) is 0 Å². The zero-order valence-corrected chi connectivity index (χ0v) is 13.2. The van der Waals surface area contributed by atoms with E-state index in [9.17, 15) is 8.42 Å². The smallest absolute Gasteiger partial charge is 0.267 e. The molecule has 0 aliphatic rings. The molecule has 0 bridgehead atoms. The summed E-state index contributed by atoms with van der Waals surface area (Å²) in [4.78, 5) is 0.0338. The lowest BCUT2D eigenvalue weighted by atomic mass is 10.3. The maximum absolute atomic E-state index is 12.3. The highest BCUT2D eigenvalue weighted by Crippen LogP contribution is 2.29. The molecule has 8 heteroatoms. The Kier molecular flexibility index (Phi) is 3.89. The topological polar surface area (TPSA) is 72.2 Å². The van der Waals surface area contributed by atoms with Crippen LogP contribution in [0.2, 0.25) is 5.02 Å². The Labute approximate surface area is 124 Å². The van der Waals surface area contributed by atoms with Crippen molar-refractivity contribution in [3.05, 3.63) is 39.1 Å². The van der Waals surface area contributed by atoms with Gasteiger partial charge in [0.25, 0.3) is 10.0 Å². The van der Waals surface area contributed by atoms with E-state index in [0.29, 0.717) is 16.4 Å². The maximum atomic E-state index is 12.3. The highest BCUT2D eigenvalue weighted by molar-refractivity contribution is 9.10. The fourth-order valence-corrected chi connectivity index (χ4v) is 3.81. The third-order valence-corrected chi connectivity index (χ3v) is 4.83. The Morgan fingerprint density at radius 2 is 2.05 bits per heavy atom. The van der Waals surface area contributed by atoms with Gasteiger partial charge in [0.1, 0.15) is 5.69 Å². The molecule has 0 saturated heterocycles. The van der Waals surface area contributed by atoms with Gasteiger partial charge in [-0.2, -0.15) is 0 Å². The molecule has 0 saturated carbocycles. The average Bonchev–Trinajstić information content (AvgIpc) is 2.63. The maximum Gasteiger partial charge on any atom is 0.267 e. The van der Waals surface area contributed by atoms with Gasteiger partial charge in [-0.1, -0.05) is 32.7 Å². The number of sulfonamides is 1. The first-order valence-corrected chi connectivity index (χ1v) is 7.87. The lowest BCUT2D eigenvalue weighted by Crippen LogP contribution is -2.14. The molecule has 0 aliphatic carbocycles. The SMILES string of the molecule is Cc1noc(C)c1S(=O)(=O)Nc1ccc(Br)cc1Cl. The minimum Gasteiger partial charge on any atom is -0.360 e. The summed E-state index contributed by atoms with van der Waals surface area (Å²) in [6.07, 6.45) is 0. The van der Waals surface area contributed by atoms with E-state index in [0.717, 1.165) is 4.47 Å². The third-order valence-electron chi connectivity index (χ3n) is 2.41. The number of aryl methyl sites for hydroxylation is 2. The number of rotatable bonds is 3. The molecule has 0 unspecified atom stereocenters. The van der Waals surface area contributed by atoms with E-state index in [4.69, 9.17) is 16.1 Å². The van der Waals surface area contributed by atoms with E-state index < -0.39 is 10.0 Å². The number of nitrogens with zero attached hydrogens (tertiary/aromatic N) is 1. The number of benzene rings is 1. The van der Waals surface area contributed by atoms with Gasteiger partial charge in [0.15, 0.2) is 10.7 Å². The molecular weight excluding hydrogens is 356 g/mol. The molecule has 1 N–H and O–H groups in total. The van der Waals surface area contributed by atoms with Crippen LogP contribution in [0.4, 0.5) is 5.69 Å². The van der Waals surface area contributed by atoms with Gasteiger partial charge in [0.2, 0.25) is 0 Å². The van der Waals surface area contributed by atoms with Crippen LogP contribution >= 0.6 is 27.5 Å². The average molecular weight is 366 g/mol. The normalized spacial score (nSPS) is 11.6. The molecule has 102 valence electrons. The van der Waals surface area contributed by atoms with Crippen LogP contribution in [-0.4, -0.2) is 13.6 Å². The van der Waals surface area contributed by atoms with Gasteiger partial charge in [0.05, 0.1) is 10.7 Å². The van der Waals surface area contributed by atoms with Crippen LogP contribution in [0.25, 0.3) is 0 Å². The van der Waals surface area contributed by atoms with Crippen molar-refractivity contribution in [2.45, 2.75) is 18.7 Å². The highest BCUT2D eigenvalue weighted by atomic mass is 79.9. The summed E-state index contributed by atoms with van der Waals surface area (Å²) in [7, 11) is -3.77. The Morgan fingerprint density at radius 3 is 2.58 bits per heavy atom. The lowest BCUT2D eigenvalue weighted by molar-refractivity contribution is 0.390. The minimum atomic E-state index is -3.77. The molecule has 0 radical (unpaired) electrons. The Bertz CT molecular complexity index is 708. The summed E-state index contributed by atoms with van der Waals surface area (Å²) in [6.45, 7) is 3.10. The molecule has 1 heterocycles. The molecule has 0 amide bonds. The number of aromatic nitrogens is 1. The number of hydrogen-bond acceptors (Lipinski definition) is 4. The van der Waals surface area contributed by atoms with E-state index in [1.54, 1.807) is 25.1 Å². The molecule has 2 rings (SSSR count). The molecular formula is C11H10BrClN2O3S. The van der Waals surface area contributed by atoms with E-state index in [2.05, 4.69) is 25.8 Å². The van der Waals surface area contributed by atoms with Crippen LogP contribution in [0.15, 0.2) is 32.1 Å². The molecule has 0 aliphatic heterocycles. The standard InChI is InChI=1S/C11H10BrClN2O3S/c1-6-11(7(2)18-14-6)19(16,17)15-10-4-3-8(12)5-9(10)13/h3-5,15H,1-2H3. The van der Waals surface area contributed by atoms with Crippen molar-refractivity contribution >= 4 is 43.2 Å². The van der Waals surface area contributed by atoms with Crippen LogP contribution in [-0.2, 0) is 10.0 Å². The number of anilines is 1. The predicted molar refractivity (Wildman–Crippen MR) is 75.9 cm³/mol. The van der Waals surface area contributed by atoms with Gasteiger partial charge < -0.3 is 4.52 Å². The van der Waals surface area contributed by atoms with Crippen LogP contribution in [0, 0.1) is 13.8 Å². The second-order valence-corrected chi connectivity index (χ2v) is 6.83. The summed E-state index contributed by atoms with van der Waals surface area (Å²) in [6, 6.07) is 4.87. The van der Waals surface area contributed by atoms with Crippen LogP contribution < -0.4 is 4.72 Å². The summed E-state index contributed by atoms with van der Waals surface area (Å²) < 4.78 is 32.6. The number of hydrogen-bond donors (Lipinski definition) is 1. The van der Waals surface area contributed by atoms with Gasteiger partial charge in [-0.3, -0.25) is 4.72 Å². The van der Waals surface area contributed by atoms with E-state index >= 15 is 0 Å². The number of nitrogens with one attached hydrogen (secondary N) is 1. The van der Waals surface area contributed by atoms with Gasteiger partial charge in [-0.05, 0) is 32.0 Å². The molecule has 0 fully saturated rings. The first kappa shape index (κ1) is 14.4. The van der Waals surface area contributed by atoms with Gasteiger partial charge in [-0.25, -0.2) is 8.42 Å². The molecule has 1 aromatic heterocycles. The van der Waals surface area contributed by atoms with Crippen molar-refractivity contribution in [2.24, 2.45) is 0 Å². The Hall–Kier alpha value is -1.05. The summed E-state index contributed by atoms with van der Waals surface area (Å²) in [5, 5.41) is 3.92. The first-order valence-electron chi connectivity index (χ1n) is 5.22. The third kappa shape index (κ3) is 2.93. The zero-order chi connectivity index (χ0) is 14.2. The molecule has 0 atom stereocenters. The van der Waals surface area contributed by atoms with Crippen LogP contribution in [0.5, 0.6) is 0 Å². The van der Waals surface area contributed by atoms with Crippen molar-refractivity contribution in [2.75, 3.05) is 4.72 Å². The van der Waals surface area contributed by atoms with Gasteiger partial charge in [0, 0.05) is 4.47 Å². The fourth-order valence-electron chi connectivity index (χ4n) is 1.63. The predicted octanol–water partition coefficient (Wildman–Crippen LogP) is 3.51. The zero-order valence-electron chi connectivity index (χ0n) is 10.1. The van der Waals surface area contributed by atoms with Crippen molar-refractivity contribution in [1.29, 1.82) is 0 Å². The highest BCUT2D eigenvalue weighted by Gasteiger charge is 2.24. The first-order chi connectivity index (χ1) is 8.81. The summed E-state index contributed by atoms with van der Waals surface area (Å²) in [5.41, 5.74) is 0.600. The molecule has 1 aromatic carbocycles. The molecule has 2 aromatic rings. The van der Waals surface area contributed by atoms with E-state index in [1.165, 1.54) is 6.92 Å². The fraction of sp³-hybridized carbons (Fsp3) is 0.182. The monoisotopic (exact) mass is 364 g/mol. The molecule has 5 nitrogen and oxygen atoms in total. The van der Waals surface area contributed by atoms with E-state index in [1.807, 2.05) is 0 Å². The van der Waals surface area contributed by atoms with Crippen LogP contribution in [0.1, 0.15) is 11.5 Å². The van der Waals surface area contributed by atoms with Crippen molar-refractivity contribution < 1.29 is 12.9 Å². The molecule has 0 spiro atoms. The van der Waals surface area contributed by atoms with Gasteiger partial charge >= 0.3 is 0 Å². The van der Waals surface area contributed by atoms with Gasteiger partial charge in [-0.15, -0.1) is 0 Å². The lowest BCUT2D eigenvalue weighted by Gasteiger charge is -2.09. The van der Waals surface area contributed by atoms with Crippen molar-refractivity contribution in [3.63, 3.8) is 0 Å². The van der Waals surface area contributed by atoms with E-state index in [-0.39, 0.29) is 10.7 Å². The number of halogens is 2. The Morgan fingerprint density at radius 1 is 1.37 bits per heavy atom. The summed E-state index contributed by atoms with van der Waals surface area (Å²) >= 11 is 9.23. The second-order valence-electron chi connectivity index (χ2n) is 3.88. The van der Waals surface area contributed by atoms with Crippen molar-refractivity contribution in [3.8, 4) is 0 Å². The summed E-state index contributed by atoms with van der Waals surface area (Å²) in [5.74, 6) is 0.234.